The van der Waals surface area contributed by atoms with Crippen LogP contribution in [0.3, 0.4) is 0 Å². The van der Waals surface area contributed by atoms with E-state index in [9.17, 15) is 22.8 Å². The van der Waals surface area contributed by atoms with E-state index in [1.54, 1.807) is 23.6 Å². The zero-order valence-corrected chi connectivity index (χ0v) is 20.9. The summed E-state index contributed by atoms with van der Waals surface area (Å²) in [6.45, 7) is 0.183. The van der Waals surface area contributed by atoms with Crippen molar-refractivity contribution in [3.05, 3.63) is 29.8 Å². The lowest BCUT2D eigenvalue weighted by Crippen LogP contribution is -2.35. The molecule has 0 N–H and O–H groups in total. The minimum absolute atomic E-state index is 0.0127. The fraction of sp³-hybridized carbons (Fsp3) is 0.600. The maximum absolute atomic E-state index is 14.0. The van der Waals surface area contributed by atoms with E-state index in [-0.39, 0.29) is 30.1 Å². The number of ether oxygens (including phenoxy) is 3. The van der Waals surface area contributed by atoms with Crippen molar-refractivity contribution in [1.82, 2.24) is 19.4 Å². The molecule has 2 aromatic heterocycles. The molecule has 0 aromatic carbocycles. The predicted molar refractivity (Wildman–Crippen MR) is 125 cm³/mol. The van der Waals surface area contributed by atoms with Crippen LogP contribution >= 0.6 is 0 Å². The second-order valence-corrected chi connectivity index (χ2v) is 9.56. The van der Waals surface area contributed by atoms with Crippen LogP contribution in [0.15, 0.2) is 18.5 Å². The van der Waals surface area contributed by atoms with Crippen molar-refractivity contribution in [1.29, 1.82) is 0 Å². The van der Waals surface area contributed by atoms with Gasteiger partial charge in [-0.1, -0.05) is 12.8 Å². The van der Waals surface area contributed by atoms with Gasteiger partial charge in [-0.2, -0.15) is 13.2 Å². The highest BCUT2D eigenvalue weighted by Crippen LogP contribution is 2.38. The van der Waals surface area contributed by atoms with E-state index in [4.69, 9.17) is 14.2 Å². The molecule has 0 bridgehead atoms. The minimum Gasteiger partial charge on any atom is -0.488 e. The Labute approximate surface area is 212 Å². The van der Waals surface area contributed by atoms with E-state index in [1.165, 1.54) is 18.5 Å². The lowest BCUT2D eigenvalue weighted by Gasteiger charge is -2.29. The highest BCUT2D eigenvalue weighted by molar-refractivity contribution is 5.68. The van der Waals surface area contributed by atoms with Crippen molar-refractivity contribution in [3.63, 3.8) is 0 Å². The Hall–Kier alpha value is -3.31. The fourth-order valence-electron chi connectivity index (χ4n) is 4.98. The van der Waals surface area contributed by atoms with Crippen LogP contribution in [0.2, 0.25) is 0 Å². The SMILES string of the molecule is CN(C(=O)OCc1c(-c2ccc(O[C@H]3CCC[C@H](OC=O)C3)c(C(F)(F)F)n2)ncn1C)C1CCCC1. The van der Waals surface area contributed by atoms with E-state index in [0.717, 1.165) is 25.7 Å². The molecule has 9 nitrogen and oxygen atoms in total. The molecule has 2 aromatic rings. The summed E-state index contributed by atoms with van der Waals surface area (Å²) < 4.78 is 59.7. The van der Waals surface area contributed by atoms with Gasteiger partial charge in [0.15, 0.2) is 11.4 Å². The van der Waals surface area contributed by atoms with Crippen LogP contribution in [0, 0.1) is 0 Å². The zero-order valence-electron chi connectivity index (χ0n) is 20.9. The van der Waals surface area contributed by atoms with Gasteiger partial charge in [-0.3, -0.25) is 4.79 Å². The first-order valence-corrected chi connectivity index (χ1v) is 12.4. The summed E-state index contributed by atoms with van der Waals surface area (Å²) in [7, 11) is 3.36. The summed E-state index contributed by atoms with van der Waals surface area (Å²) >= 11 is 0. The molecule has 2 fully saturated rings. The van der Waals surface area contributed by atoms with Crippen molar-refractivity contribution in [2.75, 3.05) is 7.05 Å². The van der Waals surface area contributed by atoms with Gasteiger partial charge in [0.05, 0.1) is 17.7 Å². The molecule has 2 aliphatic carbocycles. The number of carbonyl (C=O) groups excluding carboxylic acids is 2. The van der Waals surface area contributed by atoms with Gasteiger partial charge in [-0.15, -0.1) is 0 Å². The minimum atomic E-state index is -4.77. The number of pyridine rings is 1. The molecule has 2 atom stereocenters. The number of rotatable bonds is 8. The van der Waals surface area contributed by atoms with Gasteiger partial charge in [0.2, 0.25) is 0 Å². The highest BCUT2D eigenvalue weighted by Gasteiger charge is 2.38. The Morgan fingerprint density at radius 1 is 1.16 bits per heavy atom. The molecule has 2 saturated carbocycles. The van der Waals surface area contributed by atoms with Gasteiger partial charge in [0.25, 0.3) is 6.47 Å². The molecule has 2 heterocycles. The van der Waals surface area contributed by atoms with Gasteiger partial charge in [-0.25, -0.2) is 14.8 Å². The van der Waals surface area contributed by atoms with Gasteiger partial charge < -0.3 is 23.7 Å². The first-order valence-electron chi connectivity index (χ1n) is 12.4. The number of hydrogen-bond donors (Lipinski definition) is 0. The first-order chi connectivity index (χ1) is 17.7. The number of aromatic nitrogens is 3. The van der Waals surface area contributed by atoms with Crippen molar-refractivity contribution < 1.29 is 37.0 Å². The molecule has 0 unspecified atom stereocenters. The second kappa shape index (κ2) is 11.4. The maximum atomic E-state index is 14.0. The smallest absolute Gasteiger partial charge is 0.437 e. The van der Waals surface area contributed by atoms with Crippen LogP contribution in [0.25, 0.3) is 11.4 Å². The molecule has 37 heavy (non-hydrogen) atoms. The number of aryl methyl sites for hydroxylation is 1. The topological polar surface area (TPSA) is 95.8 Å². The second-order valence-electron chi connectivity index (χ2n) is 9.56. The number of carbonyl (C=O) groups is 2. The standard InChI is InChI=1S/C25H31F3N4O5/c1-31-14-29-22(20(31)13-35-24(34)32(2)16-6-3-4-7-16)19-10-11-21(23(30-19)25(26,27)28)37-18-9-5-8-17(12-18)36-15-33/h10-11,14-18H,3-9,12-13H2,1-2H3/t17-,18-/m0/s1. The molecule has 0 radical (unpaired) electrons. The number of amides is 1. The van der Waals surface area contributed by atoms with Crippen LogP contribution < -0.4 is 4.74 Å². The van der Waals surface area contributed by atoms with Gasteiger partial charge in [0, 0.05) is 26.6 Å². The average Bonchev–Trinajstić information content (AvgIpc) is 3.52. The largest absolute Gasteiger partial charge is 0.488 e. The number of alkyl halides is 3. The summed E-state index contributed by atoms with van der Waals surface area (Å²) in [6.07, 6.45) is 1.40. The lowest BCUT2D eigenvalue weighted by atomic mass is 9.95. The predicted octanol–water partition coefficient (Wildman–Crippen LogP) is 4.87. The molecule has 4 rings (SSSR count). The lowest BCUT2D eigenvalue weighted by molar-refractivity contribution is -0.143. The first kappa shape index (κ1) is 26.7. The van der Waals surface area contributed by atoms with E-state index in [0.29, 0.717) is 37.8 Å². The fourth-order valence-corrected chi connectivity index (χ4v) is 4.98. The van der Waals surface area contributed by atoms with Crippen LogP contribution in [-0.2, 0) is 34.1 Å². The number of hydrogen-bond acceptors (Lipinski definition) is 7. The monoisotopic (exact) mass is 524 g/mol. The van der Waals surface area contributed by atoms with E-state index in [2.05, 4.69) is 9.97 Å². The van der Waals surface area contributed by atoms with Crippen LogP contribution in [0.5, 0.6) is 5.75 Å². The molecule has 0 spiro atoms. The molecule has 2 aliphatic rings. The number of nitrogens with zero attached hydrogens (tertiary/aromatic N) is 4. The summed E-state index contributed by atoms with van der Waals surface area (Å²) in [5.41, 5.74) is -0.573. The Morgan fingerprint density at radius 2 is 1.89 bits per heavy atom. The summed E-state index contributed by atoms with van der Waals surface area (Å²) in [5, 5.41) is 0. The summed E-state index contributed by atoms with van der Waals surface area (Å²) in [5.74, 6) is -0.393. The molecule has 0 aliphatic heterocycles. The quantitative estimate of drug-likeness (QED) is 0.455. The summed E-state index contributed by atoms with van der Waals surface area (Å²) in [4.78, 5) is 32.8. The van der Waals surface area contributed by atoms with E-state index < -0.39 is 29.8 Å². The van der Waals surface area contributed by atoms with Crippen molar-refractivity contribution >= 4 is 12.6 Å². The van der Waals surface area contributed by atoms with Crippen LogP contribution in [0.4, 0.5) is 18.0 Å². The van der Waals surface area contributed by atoms with Gasteiger partial charge >= 0.3 is 12.3 Å². The Balaban J connectivity index is 1.52. The van der Waals surface area contributed by atoms with E-state index in [1.807, 2.05) is 0 Å². The van der Waals surface area contributed by atoms with E-state index >= 15 is 0 Å². The third kappa shape index (κ3) is 6.34. The van der Waals surface area contributed by atoms with Crippen molar-refractivity contribution in [3.8, 4) is 17.1 Å². The number of halogens is 3. The number of imidazole rings is 1. The maximum Gasteiger partial charge on any atom is 0.437 e. The molecule has 1 amide bonds. The Morgan fingerprint density at radius 3 is 2.59 bits per heavy atom. The Kier molecular flexibility index (Phi) is 8.23. The molecule has 12 heteroatoms. The molecular formula is C25H31F3N4O5. The van der Waals surface area contributed by atoms with Gasteiger partial charge in [0.1, 0.15) is 24.5 Å². The van der Waals surface area contributed by atoms with Crippen molar-refractivity contribution in [2.45, 2.75) is 82.4 Å². The van der Waals surface area contributed by atoms with Gasteiger partial charge in [-0.05, 0) is 44.2 Å². The van der Waals surface area contributed by atoms with Crippen molar-refractivity contribution in [2.24, 2.45) is 7.05 Å². The third-order valence-electron chi connectivity index (χ3n) is 7.04. The summed E-state index contributed by atoms with van der Waals surface area (Å²) in [6, 6.07) is 2.77. The molecular weight excluding hydrogens is 493 g/mol. The van der Waals surface area contributed by atoms with Crippen LogP contribution in [0.1, 0.15) is 62.8 Å². The highest BCUT2D eigenvalue weighted by atomic mass is 19.4. The average molecular weight is 525 g/mol. The molecule has 0 saturated heterocycles. The normalized spacial score (nSPS) is 20.5. The van der Waals surface area contributed by atoms with Crippen LogP contribution in [-0.4, -0.2) is 57.3 Å². The molecule has 202 valence electrons. The zero-order chi connectivity index (χ0) is 26.6. The Bertz CT molecular complexity index is 1100. The third-order valence-corrected chi connectivity index (χ3v) is 7.04.